The van der Waals surface area contributed by atoms with Gasteiger partial charge in [-0.05, 0) is 42.2 Å². The number of carbonyl (C=O) groups excluding carboxylic acids is 1. The Bertz CT molecular complexity index is 761. The number of fused-ring (bicyclic) bond motifs is 1. The van der Waals surface area contributed by atoms with Crippen molar-refractivity contribution < 1.29 is 9.18 Å². The van der Waals surface area contributed by atoms with E-state index in [1.165, 1.54) is 23.3 Å². The molecule has 1 amide bonds. The Morgan fingerprint density at radius 2 is 1.88 bits per heavy atom. The van der Waals surface area contributed by atoms with Gasteiger partial charge in [0.05, 0.1) is 0 Å². The highest BCUT2D eigenvalue weighted by atomic mass is 19.1. The van der Waals surface area contributed by atoms with E-state index < -0.39 is 0 Å². The Kier molecular flexibility index (Phi) is 4.07. The van der Waals surface area contributed by atoms with Crippen molar-refractivity contribution in [1.82, 2.24) is 9.80 Å². The van der Waals surface area contributed by atoms with E-state index in [9.17, 15) is 9.18 Å². The fourth-order valence-electron chi connectivity index (χ4n) is 3.86. The third-order valence-corrected chi connectivity index (χ3v) is 5.20. The lowest BCUT2D eigenvalue weighted by Crippen LogP contribution is -2.41. The molecule has 1 saturated heterocycles. The average molecular weight is 324 g/mol. The van der Waals surface area contributed by atoms with Crippen molar-refractivity contribution in [3.8, 4) is 0 Å². The van der Waals surface area contributed by atoms with Gasteiger partial charge in [-0.2, -0.15) is 0 Å². The van der Waals surface area contributed by atoms with Crippen LogP contribution < -0.4 is 0 Å². The minimum absolute atomic E-state index is 0.0607. The first kappa shape index (κ1) is 15.3. The lowest BCUT2D eigenvalue weighted by Gasteiger charge is -2.33. The number of amides is 1. The molecule has 124 valence electrons. The van der Waals surface area contributed by atoms with Gasteiger partial charge in [0.15, 0.2) is 0 Å². The predicted octanol–water partition coefficient (Wildman–Crippen LogP) is 3.10. The standard InChI is InChI=1S/C20H21FN2O/c21-18-7-3-6-16(12-18)20(24)23-11-9-19(14-23)22-10-8-15-4-1-2-5-17(15)13-22/h1-7,12,19H,8-11,13-14H2/t19-/m0/s1. The number of hydrogen-bond acceptors (Lipinski definition) is 2. The summed E-state index contributed by atoms with van der Waals surface area (Å²) >= 11 is 0. The number of halogens is 1. The smallest absolute Gasteiger partial charge is 0.254 e. The summed E-state index contributed by atoms with van der Waals surface area (Å²) in [4.78, 5) is 16.9. The highest BCUT2D eigenvalue weighted by Crippen LogP contribution is 2.25. The molecule has 3 nitrogen and oxygen atoms in total. The molecule has 1 fully saturated rings. The van der Waals surface area contributed by atoms with E-state index in [0.29, 0.717) is 11.6 Å². The van der Waals surface area contributed by atoms with Crippen molar-refractivity contribution in [1.29, 1.82) is 0 Å². The molecule has 0 bridgehead atoms. The maximum Gasteiger partial charge on any atom is 0.254 e. The lowest BCUT2D eigenvalue weighted by molar-refractivity contribution is 0.0773. The molecule has 0 N–H and O–H groups in total. The molecular formula is C20H21FN2O. The number of hydrogen-bond donors (Lipinski definition) is 0. The molecule has 2 aromatic rings. The predicted molar refractivity (Wildman–Crippen MR) is 91.3 cm³/mol. The number of carbonyl (C=O) groups is 1. The van der Waals surface area contributed by atoms with Crippen LogP contribution in [0.5, 0.6) is 0 Å². The molecule has 1 atom stereocenters. The molecule has 2 aromatic carbocycles. The summed E-state index contributed by atoms with van der Waals surface area (Å²) in [6.07, 6.45) is 2.06. The first-order chi connectivity index (χ1) is 11.7. The summed E-state index contributed by atoms with van der Waals surface area (Å²) in [7, 11) is 0. The summed E-state index contributed by atoms with van der Waals surface area (Å²) in [5.41, 5.74) is 3.29. The summed E-state index contributed by atoms with van der Waals surface area (Å²) in [6, 6.07) is 15.0. The topological polar surface area (TPSA) is 23.6 Å². The van der Waals surface area contributed by atoms with Crippen molar-refractivity contribution in [2.24, 2.45) is 0 Å². The van der Waals surface area contributed by atoms with Crippen molar-refractivity contribution in [2.45, 2.75) is 25.4 Å². The number of benzene rings is 2. The Morgan fingerprint density at radius 1 is 1.04 bits per heavy atom. The fourth-order valence-corrected chi connectivity index (χ4v) is 3.86. The van der Waals surface area contributed by atoms with Crippen LogP contribution in [-0.4, -0.2) is 41.4 Å². The van der Waals surface area contributed by atoms with Gasteiger partial charge in [0, 0.05) is 37.8 Å². The molecule has 0 saturated carbocycles. The van der Waals surface area contributed by atoms with E-state index >= 15 is 0 Å². The van der Waals surface area contributed by atoms with Crippen LogP contribution in [-0.2, 0) is 13.0 Å². The van der Waals surface area contributed by atoms with Crippen molar-refractivity contribution >= 4 is 5.91 Å². The van der Waals surface area contributed by atoms with Crippen LogP contribution in [0.3, 0.4) is 0 Å². The van der Waals surface area contributed by atoms with Gasteiger partial charge in [0.2, 0.25) is 0 Å². The van der Waals surface area contributed by atoms with E-state index in [1.807, 2.05) is 4.90 Å². The highest BCUT2D eigenvalue weighted by Gasteiger charge is 2.32. The molecule has 2 aliphatic rings. The molecule has 2 aliphatic heterocycles. The van der Waals surface area contributed by atoms with E-state index in [1.54, 1.807) is 12.1 Å². The molecular weight excluding hydrogens is 303 g/mol. The second kappa shape index (κ2) is 6.36. The van der Waals surface area contributed by atoms with E-state index in [-0.39, 0.29) is 11.7 Å². The van der Waals surface area contributed by atoms with Crippen molar-refractivity contribution in [3.63, 3.8) is 0 Å². The molecule has 2 heterocycles. The largest absolute Gasteiger partial charge is 0.337 e. The Hall–Kier alpha value is -2.20. The van der Waals surface area contributed by atoms with Gasteiger partial charge in [-0.1, -0.05) is 30.3 Å². The second-order valence-electron chi connectivity index (χ2n) is 6.69. The van der Waals surface area contributed by atoms with Gasteiger partial charge < -0.3 is 4.90 Å². The summed E-state index contributed by atoms with van der Waals surface area (Å²) in [5.74, 6) is -0.418. The molecule has 0 aromatic heterocycles. The molecule has 24 heavy (non-hydrogen) atoms. The number of rotatable bonds is 2. The molecule has 4 rings (SSSR count). The first-order valence-corrected chi connectivity index (χ1v) is 8.56. The zero-order valence-corrected chi connectivity index (χ0v) is 13.6. The monoisotopic (exact) mass is 324 g/mol. The van der Waals surface area contributed by atoms with Gasteiger partial charge in [0.25, 0.3) is 5.91 Å². The Morgan fingerprint density at radius 3 is 2.71 bits per heavy atom. The van der Waals surface area contributed by atoms with E-state index in [0.717, 1.165) is 39.0 Å². The molecule has 0 unspecified atom stereocenters. The Labute approximate surface area is 141 Å². The van der Waals surface area contributed by atoms with E-state index in [2.05, 4.69) is 29.2 Å². The summed E-state index contributed by atoms with van der Waals surface area (Å²) in [6.45, 7) is 3.49. The number of likely N-dealkylation sites (tertiary alicyclic amines) is 1. The van der Waals surface area contributed by atoms with Crippen LogP contribution in [0.25, 0.3) is 0 Å². The summed E-state index contributed by atoms with van der Waals surface area (Å²) < 4.78 is 13.3. The first-order valence-electron chi connectivity index (χ1n) is 8.56. The quantitative estimate of drug-likeness (QED) is 0.847. The van der Waals surface area contributed by atoms with Gasteiger partial charge >= 0.3 is 0 Å². The van der Waals surface area contributed by atoms with Gasteiger partial charge in [-0.15, -0.1) is 0 Å². The minimum atomic E-state index is -0.357. The van der Waals surface area contributed by atoms with E-state index in [4.69, 9.17) is 0 Å². The SMILES string of the molecule is O=C(c1cccc(F)c1)N1CC[C@H](N2CCc3ccccc3C2)C1. The van der Waals surface area contributed by atoms with Gasteiger partial charge in [0.1, 0.15) is 5.82 Å². The van der Waals surface area contributed by atoms with Crippen LogP contribution >= 0.6 is 0 Å². The molecule has 4 heteroatoms. The van der Waals surface area contributed by atoms with Crippen LogP contribution in [0.1, 0.15) is 27.9 Å². The van der Waals surface area contributed by atoms with Crippen LogP contribution in [0.2, 0.25) is 0 Å². The molecule has 0 aliphatic carbocycles. The zero-order chi connectivity index (χ0) is 16.5. The minimum Gasteiger partial charge on any atom is -0.337 e. The van der Waals surface area contributed by atoms with Crippen molar-refractivity contribution in [3.05, 3.63) is 71.0 Å². The average Bonchev–Trinajstić information content (AvgIpc) is 3.11. The normalized spacial score (nSPS) is 20.9. The van der Waals surface area contributed by atoms with Crippen LogP contribution in [0.15, 0.2) is 48.5 Å². The zero-order valence-electron chi connectivity index (χ0n) is 13.6. The number of nitrogens with zero attached hydrogens (tertiary/aromatic N) is 2. The maximum atomic E-state index is 13.3. The van der Waals surface area contributed by atoms with Crippen LogP contribution in [0.4, 0.5) is 4.39 Å². The Balaban J connectivity index is 1.43. The third-order valence-electron chi connectivity index (χ3n) is 5.20. The second-order valence-corrected chi connectivity index (χ2v) is 6.69. The lowest BCUT2D eigenvalue weighted by atomic mass is 9.98. The highest BCUT2D eigenvalue weighted by molar-refractivity contribution is 5.94. The van der Waals surface area contributed by atoms with Crippen LogP contribution in [0, 0.1) is 5.82 Å². The van der Waals surface area contributed by atoms with Crippen molar-refractivity contribution in [2.75, 3.05) is 19.6 Å². The maximum absolute atomic E-state index is 13.3. The third kappa shape index (κ3) is 2.94. The van der Waals surface area contributed by atoms with Gasteiger partial charge in [-0.3, -0.25) is 9.69 Å². The van der Waals surface area contributed by atoms with Gasteiger partial charge in [-0.25, -0.2) is 4.39 Å². The fraction of sp³-hybridized carbons (Fsp3) is 0.350. The molecule has 0 spiro atoms. The summed E-state index contributed by atoms with van der Waals surface area (Å²) in [5, 5.41) is 0. The molecule has 0 radical (unpaired) electrons.